The Balaban J connectivity index is 2.10. The molecule has 1 aliphatic rings. The summed E-state index contributed by atoms with van der Waals surface area (Å²) in [6.45, 7) is 2.29. The lowest BCUT2D eigenvalue weighted by Crippen LogP contribution is -2.48. The van der Waals surface area contributed by atoms with E-state index in [0.717, 1.165) is 6.42 Å². The fourth-order valence-corrected chi connectivity index (χ4v) is 3.29. The molecule has 0 spiro atoms. The summed E-state index contributed by atoms with van der Waals surface area (Å²) in [6, 6.07) is 0.374. The van der Waals surface area contributed by atoms with Crippen LogP contribution in [0.4, 0.5) is 0 Å². The van der Waals surface area contributed by atoms with Crippen molar-refractivity contribution in [3.05, 3.63) is 18.0 Å². The smallest absolute Gasteiger partial charge is 0.0522 e. The molecule has 1 fully saturated rings. The molecule has 17 heavy (non-hydrogen) atoms. The molecule has 4 heteroatoms. The SMILES string of the molecule is CCC1(C(Cc2cnn(C)c2)NN)CCCC1. The first-order chi connectivity index (χ1) is 8.20. The van der Waals surface area contributed by atoms with Crippen LogP contribution in [-0.4, -0.2) is 15.8 Å². The standard InChI is InChI=1S/C13H24N4/c1-3-13(6-4-5-7-13)12(16-14)8-11-9-15-17(2)10-11/h9-10,12,16H,3-8,14H2,1-2H3. The Hall–Kier alpha value is -0.870. The van der Waals surface area contributed by atoms with Gasteiger partial charge in [0.2, 0.25) is 0 Å². The Kier molecular flexibility index (Phi) is 3.84. The predicted octanol–water partition coefficient (Wildman–Crippen LogP) is 1.76. The van der Waals surface area contributed by atoms with Crippen LogP contribution in [0.3, 0.4) is 0 Å². The Labute approximate surface area is 104 Å². The van der Waals surface area contributed by atoms with Gasteiger partial charge in [0, 0.05) is 19.3 Å². The molecule has 0 saturated heterocycles. The maximum atomic E-state index is 5.79. The summed E-state index contributed by atoms with van der Waals surface area (Å²) in [5, 5.41) is 4.23. The highest BCUT2D eigenvalue weighted by Crippen LogP contribution is 2.44. The average Bonchev–Trinajstić information content (AvgIpc) is 2.95. The molecule has 96 valence electrons. The largest absolute Gasteiger partial charge is 0.276 e. The van der Waals surface area contributed by atoms with Gasteiger partial charge in [-0.15, -0.1) is 0 Å². The van der Waals surface area contributed by atoms with Crippen molar-refractivity contribution in [3.63, 3.8) is 0 Å². The molecule has 0 bridgehead atoms. The highest BCUT2D eigenvalue weighted by atomic mass is 15.3. The van der Waals surface area contributed by atoms with E-state index in [1.807, 2.05) is 17.9 Å². The van der Waals surface area contributed by atoms with E-state index in [4.69, 9.17) is 5.84 Å². The first-order valence-electron chi connectivity index (χ1n) is 6.64. The fourth-order valence-electron chi connectivity index (χ4n) is 3.29. The van der Waals surface area contributed by atoms with E-state index in [0.29, 0.717) is 11.5 Å². The summed E-state index contributed by atoms with van der Waals surface area (Å²) in [7, 11) is 1.96. The summed E-state index contributed by atoms with van der Waals surface area (Å²) >= 11 is 0. The van der Waals surface area contributed by atoms with Gasteiger partial charge in [-0.2, -0.15) is 5.10 Å². The number of nitrogens with zero attached hydrogens (tertiary/aromatic N) is 2. The zero-order valence-corrected chi connectivity index (χ0v) is 10.9. The predicted molar refractivity (Wildman–Crippen MR) is 69.2 cm³/mol. The molecular weight excluding hydrogens is 212 g/mol. The van der Waals surface area contributed by atoms with Crippen LogP contribution in [0.1, 0.15) is 44.6 Å². The van der Waals surface area contributed by atoms with Gasteiger partial charge in [0.05, 0.1) is 6.20 Å². The number of aryl methyl sites for hydroxylation is 1. The van der Waals surface area contributed by atoms with E-state index in [1.54, 1.807) is 0 Å². The molecule has 1 aliphatic carbocycles. The average molecular weight is 236 g/mol. The number of hydrazine groups is 1. The molecule has 1 heterocycles. The first kappa shape index (κ1) is 12.6. The van der Waals surface area contributed by atoms with Crippen LogP contribution in [0.15, 0.2) is 12.4 Å². The Morgan fingerprint density at radius 1 is 1.53 bits per heavy atom. The van der Waals surface area contributed by atoms with Crippen LogP contribution in [0.2, 0.25) is 0 Å². The topological polar surface area (TPSA) is 55.9 Å². The molecule has 3 N–H and O–H groups in total. The second-order valence-corrected chi connectivity index (χ2v) is 5.37. The summed E-state index contributed by atoms with van der Waals surface area (Å²) in [6.07, 6.45) is 11.5. The van der Waals surface area contributed by atoms with Gasteiger partial charge in [0.15, 0.2) is 0 Å². The van der Waals surface area contributed by atoms with E-state index >= 15 is 0 Å². The number of hydrogen-bond acceptors (Lipinski definition) is 3. The van der Waals surface area contributed by atoms with Crippen molar-refractivity contribution in [1.82, 2.24) is 15.2 Å². The summed E-state index contributed by atoms with van der Waals surface area (Å²) in [4.78, 5) is 0. The number of hydrogen-bond donors (Lipinski definition) is 2. The molecule has 2 rings (SSSR count). The number of rotatable bonds is 5. The van der Waals surface area contributed by atoms with Crippen LogP contribution >= 0.6 is 0 Å². The second-order valence-electron chi connectivity index (χ2n) is 5.37. The minimum Gasteiger partial charge on any atom is -0.276 e. The van der Waals surface area contributed by atoms with Crippen molar-refractivity contribution < 1.29 is 0 Å². The molecule has 1 aromatic rings. The van der Waals surface area contributed by atoms with Crippen molar-refractivity contribution in [2.24, 2.45) is 18.3 Å². The van der Waals surface area contributed by atoms with Gasteiger partial charge in [0.25, 0.3) is 0 Å². The number of nitrogens with one attached hydrogen (secondary N) is 1. The van der Waals surface area contributed by atoms with Crippen molar-refractivity contribution >= 4 is 0 Å². The number of nitrogens with two attached hydrogens (primary N) is 1. The van der Waals surface area contributed by atoms with Gasteiger partial charge in [-0.1, -0.05) is 19.8 Å². The minimum atomic E-state index is 0.374. The Morgan fingerprint density at radius 3 is 2.71 bits per heavy atom. The minimum absolute atomic E-state index is 0.374. The molecule has 4 nitrogen and oxygen atoms in total. The van der Waals surface area contributed by atoms with Crippen LogP contribution in [0.25, 0.3) is 0 Å². The maximum Gasteiger partial charge on any atom is 0.0522 e. The molecule has 0 amide bonds. The monoisotopic (exact) mass is 236 g/mol. The van der Waals surface area contributed by atoms with Crippen LogP contribution in [0.5, 0.6) is 0 Å². The molecule has 0 aromatic carbocycles. The van der Waals surface area contributed by atoms with Crippen molar-refractivity contribution in [1.29, 1.82) is 0 Å². The van der Waals surface area contributed by atoms with Gasteiger partial charge >= 0.3 is 0 Å². The van der Waals surface area contributed by atoms with Crippen LogP contribution < -0.4 is 11.3 Å². The van der Waals surface area contributed by atoms with Gasteiger partial charge in [-0.05, 0) is 36.7 Å². The fraction of sp³-hybridized carbons (Fsp3) is 0.769. The zero-order valence-electron chi connectivity index (χ0n) is 10.9. The molecule has 1 atom stereocenters. The summed E-state index contributed by atoms with van der Waals surface area (Å²) in [5.41, 5.74) is 4.72. The first-order valence-corrected chi connectivity index (χ1v) is 6.64. The van der Waals surface area contributed by atoms with Crippen molar-refractivity contribution in [3.8, 4) is 0 Å². The van der Waals surface area contributed by atoms with Crippen LogP contribution in [0, 0.1) is 5.41 Å². The Bertz CT molecular complexity index is 352. The highest BCUT2D eigenvalue weighted by molar-refractivity contribution is 5.09. The lowest BCUT2D eigenvalue weighted by molar-refractivity contribution is 0.185. The lowest BCUT2D eigenvalue weighted by atomic mass is 9.74. The van der Waals surface area contributed by atoms with Crippen LogP contribution in [-0.2, 0) is 13.5 Å². The number of aromatic nitrogens is 2. The molecular formula is C13H24N4. The van der Waals surface area contributed by atoms with Gasteiger partial charge in [-0.25, -0.2) is 0 Å². The van der Waals surface area contributed by atoms with Gasteiger partial charge < -0.3 is 0 Å². The van der Waals surface area contributed by atoms with Crippen molar-refractivity contribution in [2.75, 3.05) is 0 Å². The molecule has 1 aromatic heterocycles. The molecule has 1 unspecified atom stereocenters. The molecule has 1 saturated carbocycles. The van der Waals surface area contributed by atoms with E-state index in [9.17, 15) is 0 Å². The van der Waals surface area contributed by atoms with Gasteiger partial charge in [0.1, 0.15) is 0 Å². The third-order valence-electron chi connectivity index (χ3n) is 4.44. The Morgan fingerprint density at radius 2 is 2.24 bits per heavy atom. The summed E-state index contributed by atoms with van der Waals surface area (Å²) < 4.78 is 1.86. The third-order valence-corrected chi connectivity index (χ3v) is 4.44. The lowest BCUT2D eigenvalue weighted by Gasteiger charge is -2.36. The quantitative estimate of drug-likeness (QED) is 0.605. The zero-order chi connectivity index (χ0) is 12.3. The normalized spacial score (nSPS) is 20.6. The van der Waals surface area contributed by atoms with Crippen molar-refractivity contribution in [2.45, 2.75) is 51.5 Å². The molecule has 0 aliphatic heterocycles. The third kappa shape index (κ3) is 2.53. The molecule has 0 radical (unpaired) electrons. The van der Waals surface area contributed by atoms with E-state index in [-0.39, 0.29) is 0 Å². The van der Waals surface area contributed by atoms with E-state index in [1.165, 1.54) is 37.7 Å². The second kappa shape index (κ2) is 5.19. The van der Waals surface area contributed by atoms with E-state index in [2.05, 4.69) is 23.6 Å². The van der Waals surface area contributed by atoms with Gasteiger partial charge in [-0.3, -0.25) is 16.0 Å². The highest BCUT2D eigenvalue weighted by Gasteiger charge is 2.39. The van der Waals surface area contributed by atoms with E-state index < -0.39 is 0 Å². The maximum absolute atomic E-state index is 5.79. The summed E-state index contributed by atoms with van der Waals surface area (Å²) in [5.74, 6) is 5.79.